The highest BCUT2D eigenvalue weighted by Gasteiger charge is 2.19. The van der Waals surface area contributed by atoms with Crippen molar-refractivity contribution in [2.75, 3.05) is 13.9 Å². The first-order valence-electron chi connectivity index (χ1n) is 8.45. The van der Waals surface area contributed by atoms with E-state index in [2.05, 4.69) is 10.5 Å². The number of aromatic nitrogens is 1. The minimum absolute atomic E-state index is 0.199. The van der Waals surface area contributed by atoms with Crippen LogP contribution in [0.2, 0.25) is 0 Å². The highest BCUT2D eigenvalue weighted by Crippen LogP contribution is 2.36. The van der Waals surface area contributed by atoms with Gasteiger partial charge in [0.05, 0.1) is 13.2 Å². The summed E-state index contributed by atoms with van der Waals surface area (Å²) >= 11 is 0. The van der Waals surface area contributed by atoms with Crippen molar-refractivity contribution in [2.45, 2.75) is 13.0 Å². The molecule has 1 N–H and O–H groups in total. The zero-order valence-electron chi connectivity index (χ0n) is 14.9. The van der Waals surface area contributed by atoms with Crippen molar-refractivity contribution in [2.24, 2.45) is 0 Å². The van der Waals surface area contributed by atoms with Crippen molar-refractivity contribution in [1.29, 1.82) is 0 Å². The molecule has 0 saturated heterocycles. The number of methoxy groups -OCH3 is 1. The lowest BCUT2D eigenvalue weighted by Crippen LogP contribution is -2.26. The number of carbonyl (C=O) groups excluding carboxylic acids is 1. The number of fused-ring (bicyclic) bond motifs is 1. The fraction of sp³-hybridized carbons (Fsp3) is 0.200. The van der Waals surface area contributed by atoms with Gasteiger partial charge in [-0.05, 0) is 42.8 Å². The summed E-state index contributed by atoms with van der Waals surface area (Å²) in [6, 6.07) is 14.4. The Morgan fingerprint density at radius 3 is 2.85 bits per heavy atom. The second-order valence-corrected chi connectivity index (χ2v) is 6.12. The maximum atomic E-state index is 12.5. The van der Waals surface area contributed by atoms with Gasteiger partial charge in [-0.15, -0.1) is 0 Å². The van der Waals surface area contributed by atoms with E-state index in [-0.39, 0.29) is 24.4 Å². The molecule has 0 fully saturated rings. The van der Waals surface area contributed by atoms with Gasteiger partial charge in [-0.2, -0.15) is 0 Å². The quantitative estimate of drug-likeness (QED) is 0.743. The molecule has 1 atom stereocenters. The zero-order valence-corrected chi connectivity index (χ0v) is 14.9. The smallest absolute Gasteiger partial charge is 0.273 e. The molecule has 1 amide bonds. The van der Waals surface area contributed by atoms with Crippen LogP contribution in [-0.4, -0.2) is 25.0 Å². The maximum absolute atomic E-state index is 12.5. The molecule has 138 valence electrons. The predicted molar refractivity (Wildman–Crippen MR) is 96.9 cm³/mol. The molecule has 2 heterocycles. The molecular weight excluding hydrogens is 348 g/mol. The first-order chi connectivity index (χ1) is 13.1. The summed E-state index contributed by atoms with van der Waals surface area (Å²) in [6.07, 6.45) is 0. The van der Waals surface area contributed by atoms with Gasteiger partial charge in [0.1, 0.15) is 5.75 Å². The van der Waals surface area contributed by atoms with Crippen LogP contribution >= 0.6 is 0 Å². The molecular formula is C20H18N2O5. The van der Waals surface area contributed by atoms with Gasteiger partial charge in [0.15, 0.2) is 23.0 Å². The summed E-state index contributed by atoms with van der Waals surface area (Å²) < 4.78 is 21.2. The standard InChI is InChI=1S/C20H18N2O5/c1-12(13-4-3-5-15(8-13)24-2)21-20(23)16-10-18(27-22-16)14-6-7-17-19(9-14)26-11-25-17/h3-10,12H,11H2,1-2H3,(H,21,23)/t12-/m1/s1. The third-order valence-electron chi connectivity index (χ3n) is 4.34. The fourth-order valence-corrected chi connectivity index (χ4v) is 2.83. The SMILES string of the molecule is COc1cccc([C@@H](C)NC(=O)c2cc(-c3ccc4c(c3)OCO4)on2)c1. The molecule has 7 heteroatoms. The first kappa shape index (κ1) is 17.0. The van der Waals surface area contributed by atoms with Crippen molar-refractivity contribution in [3.05, 3.63) is 59.8 Å². The third kappa shape index (κ3) is 3.44. The molecule has 2 aromatic carbocycles. The lowest BCUT2D eigenvalue weighted by Gasteiger charge is -2.14. The summed E-state index contributed by atoms with van der Waals surface area (Å²) in [6.45, 7) is 2.09. The number of ether oxygens (including phenoxy) is 3. The van der Waals surface area contributed by atoms with Crippen LogP contribution in [0, 0.1) is 0 Å². The van der Waals surface area contributed by atoms with E-state index in [1.54, 1.807) is 25.3 Å². The van der Waals surface area contributed by atoms with Gasteiger partial charge in [0.2, 0.25) is 6.79 Å². The monoisotopic (exact) mass is 366 g/mol. The highest BCUT2D eigenvalue weighted by atomic mass is 16.7. The summed E-state index contributed by atoms with van der Waals surface area (Å²) in [5.41, 5.74) is 1.89. The number of benzene rings is 2. The van der Waals surface area contributed by atoms with Crippen LogP contribution in [0.5, 0.6) is 17.2 Å². The van der Waals surface area contributed by atoms with Crippen LogP contribution in [-0.2, 0) is 0 Å². The van der Waals surface area contributed by atoms with Crippen molar-refractivity contribution in [1.82, 2.24) is 10.5 Å². The van der Waals surface area contributed by atoms with E-state index in [0.29, 0.717) is 17.3 Å². The van der Waals surface area contributed by atoms with Gasteiger partial charge >= 0.3 is 0 Å². The number of amides is 1. The Labute approximate surface area is 155 Å². The van der Waals surface area contributed by atoms with Gasteiger partial charge in [-0.3, -0.25) is 4.79 Å². The average Bonchev–Trinajstić information content (AvgIpc) is 3.36. The minimum Gasteiger partial charge on any atom is -0.497 e. The average molecular weight is 366 g/mol. The molecule has 3 aromatic rings. The molecule has 0 saturated carbocycles. The molecule has 7 nitrogen and oxygen atoms in total. The molecule has 0 bridgehead atoms. The molecule has 0 spiro atoms. The van der Waals surface area contributed by atoms with Crippen LogP contribution in [0.25, 0.3) is 11.3 Å². The van der Waals surface area contributed by atoms with Crippen LogP contribution in [0.3, 0.4) is 0 Å². The summed E-state index contributed by atoms with van der Waals surface area (Å²) in [5, 5.41) is 6.79. The second-order valence-electron chi connectivity index (χ2n) is 6.12. The van der Waals surface area contributed by atoms with E-state index in [1.807, 2.05) is 37.3 Å². The van der Waals surface area contributed by atoms with E-state index in [9.17, 15) is 4.79 Å². The topological polar surface area (TPSA) is 82.8 Å². The highest BCUT2D eigenvalue weighted by molar-refractivity contribution is 5.93. The van der Waals surface area contributed by atoms with E-state index in [0.717, 1.165) is 16.9 Å². The lowest BCUT2D eigenvalue weighted by atomic mass is 10.1. The van der Waals surface area contributed by atoms with Crippen molar-refractivity contribution in [3.8, 4) is 28.6 Å². The Balaban J connectivity index is 1.48. The number of rotatable bonds is 5. The van der Waals surface area contributed by atoms with Crippen molar-refractivity contribution >= 4 is 5.91 Å². The Morgan fingerprint density at radius 2 is 2.00 bits per heavy atom. The number of hydrogen-bond donors (Lipinski definition) is 1. The number of carbonyl (C=O) groups is 1. The van der Waals surface area contributed by atoms with Gasteiger partial charge in [0.25, 0.3) is 5.91 Å². The van der Waals surface area contributed by atoms with Gasteiger partial charge in [0, 0.05) is 11.6 Å². The van der Waals surface area contributed by atoms with Crippen molar-refractivity contribution < 1.29 is 23.5 Å². The van der Waals surface area contributed by atoms with Crippen LogP contribution in [0.15, 0.2) is 53.1 Å². The normalized spacial score (nSPS) is 13.3. The van der Waals surface area contributed by atoms with Crippen LogP contribution < -0.4 is 19.5 Å². The van der Waals surface area contributed by atoms with Crippen LogP contribution in [0.4, 0.5) is 0 Å². The Kier molecular flexibility index (Phi) is 4.42. The number of hydrogen-bond acceptors (Lipinski definition) is 6. The van der Waals surface area contributed by atoms with Gasteiger partial charge < -0.3 is 24.1 Å². The molecule has 1 aromatic heterocycles. The minimum atomic E-state index is -0.318. The molecule has 4 rings (SSSR count). The molecule has 27 heavy (non-hydrogen) atoms. The van der Waals surface area contributed by atoms with E-state index >= 15 is 0 Å². The summed E-state index contributed by atoms with van der Waals surface area (Å²) in [4.78, 5) is 12.5. The number of nitrogens with zero attached hydrogens (tertiary/aromatic N) is 1. The van der Waals surface area contributed by atoms with Crippen LogP contribution in [0.1, 0.15) is 29.0 Å². The predicted octanol–water partition coefficient (Wildman–Crippen LogP) is 3.57. The Bertz CT molecular complexity index is 982. The first-order valence-corrected chi connectivity index (χ1v) is 8.45. The zero-order chi connectivity index (χ0) is 18.8. The van der Waals surface area contributed by atoms with E-state index < -0.39 is 0 Å². The van der Waals surface area contributed by atoms with E-state index in [1.165, 1.54) is 0 Å². The molecule has 0 aliphatic carbocycles. The fourth-order valence-electron chi connectivity index (χ4n) is 2.83. The second kappa shape index (κ2) is 7.03. The largest absolute Gasteiger partial charge is 0.497 e. The molecule has 0 radical (unpaired) electrons. The van der Waals surface area contributed by atoms with E-state index in [4.69, 9.17) is 18.7 Å². The Hall–Kier alpha value is -3.48. The third-order valence-corrected chi connectivity index (χ3v) is 4.34. The molecule has 1 aliphatic rings. The number of nitrogens with one attached hydrogen (secondary N) is 1. The summed E-state index contributed by atoms with van der Waals surface area (Å²) in [5.74, 6) is 2.22. The molecule has 1 aliphatic heterocycles. The summed E-state index contributed by atoms with van der Waals surface area (Å²) in [7, 11) is 1.61. The van der Waals surface area contributed by atoms with Gasteiger partial charge in [-0.25, -0.2) is 0 Å². The lowest BCUT2D eigenvalue weighted by molar-refractivity contribution is 0.0930. The van der Waals surface area contributed by atoms with Crippen molar-refractivity contribution in [3.63, 3.8) is 0 Å². The Morgan fingerprint density at radius 1 is 1.15 bits per heavy atom. The maximum Gasteiger partial charge on any atom is 0.273 e. The van der Waals surface area contributed by atoms with Gasteiger partial charge in [-0.1, -0.05) is 17.3 Å². The molecule has 0 unspecified atom stereocenters.